The van der Waals surface area contributed by atoms with Gasteiger partial charge in [-0.25, -0.2) is 23.1 Å². The molecule has 10 heteroatoms. The number of nitrogens with zero attached hydrogens (tertiary/aromatic N) is 3. The Morgan fingerprint density at radius 2 is 2.03 bits per heavy atom. The Hall–Kier alpha value is -2.27. The highest BCUT2D eigenvalue weighted by molar-refractivity contribution is 7.88. The number of hydrogen-bond acceptors (Lipinski definition) is 7. The minimum Gasteiger partial charge on any atom is -0.389 e. The molecule has 9 nitrogen and oxygen atoms in total. The molecule has 0 aliphatic heterocycles. The number of anilines is 1. The third-order valence-corrected chi connectivity index (χ3v) is 5.40. The maximum absolute atomic E-state index is 11.2. The summed E-state index contributed by atoms with van der Waals surface area (Å²) in [7, 11) is -1.59. The molecular weight excluding hydrogens is 406 g/mol. The number of sulfonamides is 1. The molecule has 0 saturated carbocycles. The van der Waals surface area contributed by atoms with Crippen LogP contribution in [-0.4, -0.2) is 53.6 Å². The Morgan fingerprint density at radius 3 is 2.67 bits per heavy atom. The molecule has 0 bridgehead atoms. The van der Waals surface area contributed by atoms with Gasteiger partial charge in [0.15, 0.2) is 5.82 Å². The number of nitrogen functional groups attached to an aromatic ring is 1. The number of fused-ring (bicyclic) bond motifs is 3. The van der Waals surface area contributed by atoms with E-state index < -0.39 is 15.6 Å². The zero-order valence-electron chi connectivity index (χ0n) is 17.8. The normalized spacial score (nSPS) is 12.8. The summed E-state index contributed by atoms with van der Waals surface area (Å²) in [6, 6.07) is 5.93. The van der Waals surface area contributed by atoms with Crippen LogP contribution in [0.4, 0.5) is 5.82 Å². The van der Waals surface area contributed by atoms with Gasteiger partial charge in [0.25, 0.3) is 0 Å². The van der Waals surface area contributed by atoms with Crippen LogP contribution in [0.25, 0.3) is 21.9 Å². The van der Waals surface area contributed by atoms with Crippen molar-refractivity contribution in [3.05, 3.63) is 29.6 Å². The molecule has 3 aromatic rings. The van der Waals surface area contributed by atoms with E-state index in [2.05, 4.69) is 14.7 Å². The van der Waals surface area contributed by atoms with E-state index in [9.17, 15) is 13.5 Å². The van der Waals surface area contributed by atoms with Crippen molar-refractivity contribution in [3.8, 4) is 0 Å². The summed E-state index contributed by atoms with van der Waals surface area (Å²) in [5.41, 5.74) is 8.44. The lowest BCUT2D eigenvalue weighted by Crippen LogP contribution is -2.27. The zero-order chi connectivity index (χ0) is 22.1. The number of benzene rings is 1. The van der Waals surface area contributed by atoms with Crippen molar-refractivity contribution < 1.29 is 18.3 Å². The van der Waals surface area contributed by atoms with Gasteiger partial charge in [0, 0.05) is 19.0 Å². The van der Waals surface area contributed by atoms with Crippen LogP contribution in [-0.2, 0) is 34.3 Å². The van der Waals surface area contributed by atoms with Gasteiger partial charge < -0.3 is 20.1 Å². The lowest BCUT2D eigenvalue weighted by atomic mass is 10.1. The summed E-state index contributed by atoms with van der Waals surface area (Å²) in [5.74, 6) is 0.992. The van der Waals surface area contributed by atoms with Gasteiger partial charge in [-0.2, -0.15) is 0 Å². The number of methoxy groups -OCH3 is 1. The number of hydrogen-bond donors (Lipinski definition) is 3. The van der Waals surface area contributed by atoms with Gasteiger partial charge in [0.05, 0.1) is 29.4 Å². The van der Waals surface area contributed by atoms with Crippen LogP contribution in [0.15, 0.2) is 18.2 Å². The Kier molecular flexibility index (Phi) is 6.32. The van der Waals surface area contributed by atoms with E-state index in [1.54, 1.807) is 21.0 Å². The average molecular weight is 436 g/mol. The lowest BCUT2D eigenvalue weighted by Gasteiger charge is -2.20. The first-order chi connectivity index (χ1) is 14.0. The van der Waals surface area contributed by atoms with E-state index in [0.29, 0.717) is 43.1 Å². The topological polar surface area (TPSA) is 132 Å². The SMILES string of the molecule is COCc1nc2c(N)nc3cc(CCCNS(C)(=O)=O)ccc3c2n1CC(C)(C)O. The molecule has 30 heavy (non-hydrogen) atoms. The van der Waals surface area contributed by atoms with Crippen LogP contribution >= 0.6 is 0 Å². The zero-order valence-corrected chi connectivity index (χ0v) is 18.6. The molecule has 0 spiro atoms. The predicted octanol–water partition coefficient (Wildman–Crippen LogP) is 1.57. The van der Waals surface area contributed by atoms with Crippen LogP contribution < -0.4 is 10.5 Å². The Bertz CT molecular complexity index is 1170. The molecule has 0 aliphatic carbocycles. The highest BCUT2D eigenvalue weighted by Crippen LogP contribution is 2.31. The van der Waals surface area contributed by atoms with Gasteiger partial charge in [-0.05, 0) is 38.3 Å². The molecule has 0 fully saturated rings. The molecule has 3 rings (SSSR count). The summed E-state index contributed by atoms with van der Waals surface area (Å²) in [5, 5.41) is 11.3. The molecule has 0 unspecified atom stereocenters. The fourth-order valence-corrected chi connectivity index (χ4v) is 4.02. The Balaban J connectivity index is 2.02. The standard InChI is InChI=1S/C20H29N5O4S/c1-20(2,26)12-25-16(11-29-3)24-17-18(25)14-8-7-13(10-15(14)23-19(17)21)6-5-9-22-30(4,27)28/h7-8,10,22,26H,5-6,9,11-12H2,1-4H3,(H2,21,23). The van der Waals surface area contributed by atoms with E-state index in [1.165, 1.54) is 0 Å². The van der Waals surface area contributed by atoms with Crippen molar-refractivity contribution in [3.63, 3.8) is 0 Å². The maximum Gasteiger partial charge on any atom is 0.208 e. The smallest absolute Gasteiger partial charge is 0.208 e. The van der Waals surface area contributed by atoms with Gasteiger partial charge in [-0.3, -0.25) is 0 Å². The number of imidazole rings is 1. The Morgan fingerprint density at radius 1 is 1.30 bits per heavy atom. The van der Waals surface area contributed by atoms with Crippen molar-refractivity contribution in [2.24, 2.45) is 0 Å². The first kappa shape index (κ1) is 22.4. The van der Waals surface area contributed by atoms with E-state index in [0.717, 1.165) is 28.2 Å². The minimum absolute atomic E-state index is 0.289. The summed E-state index contributed by atoms with van der Waals surface area (Å²) in [4.78, 5) is 9.15. The third-order valence-electron chi connectivity index (χ3n) is 4.67. The number of ether oxygens (including phenoxy) is 1. The van der Waals surface area contributed by atoms with Gasteiger partial charge in [0.2, 0.25) is 10.0 Å². The van der Waals surface area contributed by atoms with Crippen molar-refractivity contribution in [1.82, 2.24) is 19.3 Å². The van der Waals surface area contributed by atoms with Crippen molar-refractivity contribution >= 4 is 37.8 Å². The summed E-state index contributed by atoms with van der Waals surface area (Å²) in [6.07, 6.45) is 2.52. The average Bonchev–Trinajstić information content (AvgIpc) is 2.96. The Labute approximate surface area is 176 Å². The minimum atomic E-state index is -3.18. The molecular formula is C20H29N5O4S. The number of nitrogens with one attached hydrogen (secondary N) is 1. The second kappa shape index (κ2) is 8.46. The molecule has 0 atom stereocenters. The molecule has 2 heterocycles. The van der Waals surface area contributed by atoms with E-state index in [-0.39, 0.29) is 6.61 Å². The first-order valence-electron chi connectivity index (χ1n) is 9.72. The van der Waals surface area contributed by atoms with Crippen LogP contribution in [0.2, 0.25) is 0 Å². The molecule has 0 radical (unpaired) electrons. The largest absolute Gasteiger partial charge is 0.389 e. The van der Waals surface area contributed by atoms with Crippen molar-refractivity contribution in [2.75, 3.05) is 25.6 Å². The fourth-order valence-electron chi connectivity index (χ4n) is 3.51. The summed E-state index contributed by atoms with van der Waals surface area (Å²) < 4.78 is 32.1. The second-order valence-corrected chi connectivity index (χ2v) is 10.0. The van der Waals surface area contributed by atoms with Crippen LogP contribution in [0.5, 0.6) is 0 Å². The molecule has 4 N–H and O–H groups in total. The lowest BCUT2D eigenvalue weighted by molar-refractivity contribution is 0.0597. The van der Waals surface area contributed by atoms with Crippen LogP contribution in [0.1, 0.15) is 31.7 Å². The van der Waals surface area contributed by atoms with Crippen molar-refractivity contribution in [1.29, 1.82) is 0 Å². The van der Waals surface area contributed by atoms with Gasteiger partial charge in [-0.1, -0.05) is 12.1 Å². The highest BCUT2D eigenvalue weighted by Gasteiger charge is 2.22. The van der Waals surface area contributed by atoms with Crippen LogP contribution in [0.3, 0.4) is 0 Å². The van der Waals surface area contributed by atoms with Crippen LogP contribution in [0, 0.1) is 0 Å². The quantitative estimate of drug-likeness (QED) is 0.435. The fraction of sp³-hybridized carbons (Fsp3) is 0.500. The van der Waals surface area contributed by atoms with E-state index in [4.69, 9.17) is 10.5 Å². The number of rotatable bonds is 9. The number of aliphatic hydroxyl groups is 1. The number of nitrogens with two attached hydrogens (primary N) is 1. The molecule has 0 amide bonds. The molecule has 0 aliphatic rings. The summed E-state index contributed by atoms with van der Waals surface area (Å²) in [6.45, 7) is 4.48. The second-order valence-electron chi connectivity index (χ2n) is 8.18. The van der Waals surface area contributed by atoms with E-state index >= 15 is 0 Å². The van der Waals surface area contributed by atoms with E-state index in [1.807, 2.05) is 22.8 Å². The number of pyridine rings is 1. The monoisotopic (exact) mass is 435 g/mol. The molecule has 1 aromatic carbocycles. The first-order valence-corrected chi connectivity index (χ1v) is 11.6. The van der Waals surface area contributed by atoms with Gasteiger partial charge in [-0.15, -0.1) is 0 Å². The molecule has 0 saturated heterocycles. The predicted molar refractivity (Wildman–Crippen MR) is 118 cm³/mol. The van der Waals surface area contributed by atoms with Crippen molar-refractivity contribution in [2.45, 2.75) is 45.4 Å². The highest BCUT2D eigenvalue weighted by atomic mass is 32.2. The molecule has 2 aromatic heterocycles. The van der Waals surface area contributed by atoms with Gasteiger partial charge >= 0.3 is 0 Å². The maximum atomic E-state index is 11.2. The summed E-state index contributed by atoms with van der Waals surface area (Å²) >= 11 is 0. The third kappa shape index (κ3) is 5.25. The van der Waals surface area contributed by atoms with Gasteiger partial charge in [0.1, 0.15) is 17.9 Å². The number of aromatic nitrogens is 3. The molecule has 164 valence electrons. The number of aryl methyl sites for hydroxylation is 1.